The van der Waals surface area contributed by atoms with Crippen molar-refractivity contribution >= 4 is 35.0 Å². The fourth-order valence-electron chi connectivity index (χ4n) is 2.47. The summed E-state index contributed by atoms with van der Waals surface area (Å²) in [6.45, 7) is 1.68. The molecular weight excluding hydrogens is 316 g/mol. The van der Waals surface area contributed by atoms with Gasteiger partial charge in [0.15, 0.2) is 11.9 Å². The molecule has 1 unspecified atom stereocenters. The summed E-state index contributed by atoms with van der Waals surface area (Å²) in [5.41, 5.74) is 1.01. The number of hydrogen-bond donors (Lipinski definition) is 0. The van der Waals surface area contributed by atoms with Gasteiger partial charge in [-0.15, -0.1) is 11.8 Å². The van der Waals surface area contributed by atoms with Crippen LogP contribution in [0.3, 0.4) is 0 Å². The van der Waals surface area contributed by atoms with Crippen LogP contribution in [0.2, 0.25) is 0 Å². The van der Waals surface area contributed by atoms with Crippen molar-refractivity contribution in [1.29, 1.82) is 0 Å². The second-order valence-corrected chi connectivity index (χ2v) is 6.27. The lowest BCUT2D eigenvalue weighted by Crippen LogP contribution is -2.42. The van der Waals surface area contributed by atoms with E-state index in [1.807, 2.05) is 0 Å². The zero-order chi connectivity index (χ0) is 16.6. The fourth-order valence-corrected chi connectivity index (χ4v) is 3.11. The molecule has 2 amide bonds. The van der Waals surface area contributed by atoms with E-state index in [9.17, 15) is 14.4 Å². The molecule has 0 aliphatic carbocycles. The topological polar surface area (TPSA) is 66.9 Å². The van der Waals surface area contributed by atoms with Gasteiger partial charge in [0, 0.05) is 18.8 Å². The van der Waals surface area contributed by atoms with Gasteiger partial charge in [-0.2, -0.15) is 0 Å². The first-order valence-corrected chi connectivity index (χ1v) is 8.21. The Morgan fingerprint density at radius 3 is 2.91 bits per heavy atom. The summed E-state index contributed by atoms with van der Waals surface area (Å²) in [4.78, 5) is 39.0. The predicted octanol–water partition coefficient (Wildman–Crippen LogP) is 1.66. The number of thioether (sulfide) groups is 1. The summed E-state index contributed by atoms with van der Waals surface area (Å²) in [5, 5.41) is 1.79. The molecule has 3 rings (SSSR count). The Morgan fingerprint density at radius 2 is 2.17 bits per heavy atom. The van der Waals surface area contributed by atoms with E-state index in [-0.39, 0.29) is 24.1 Å². The number of rotatable bonds is 3. The van der Waals surface area contributed by atoms with Crippen LogP contribution in [0.1, 0.15) is 17.3 Å². The lowest BCUT2D eigenvalue weighted by molar-refractivity contribution is -0.126. The molecule has 2 aliphatic heterocycles. The van der Waals surface area contributed by atoms with Crippen molar-refractivity contribution in [2.45, 2.75) is 13.0 Å². The second-order valence-electron chi connectivity index (χ2n) is 5.38. The predicted molar refractivity (Wildman–Crippen MR) is 87.6 cm³/mol. The molecule has 0 radical (unpaired) electrons. The van der Waals surface area contributed by atoms with E-state index in [1.165, 1.54) is 21.6 Å². The minimum absolute atomic E-state index is 0.0103. The Labute approximate surface area is 138 Å². The maximum atomic E-state index is 12.4. The van der Waals surface area contributed by atoms with Crippen molar-refractivity contribution in [3.05, 3.63) is 35.4 Å². The minimum Gasteiger partial charge on any atom is -0.479 e. The average Bonchev–Trinajstić information content (AvgIpc) is 2.54. The molecule has 120 valence electrons. The van der Waals surface area contributed by atoms with Gasteiger partial charge < -0.3 is 14.5 Å². The molecule has 0 bridgehead atoms. The van der Waals surface area contributed by atoms with Gasteiger partial charge in [-0.05, 0) is 30.5 Å². The highest BCUT2D eigenvalue weighted by Crippen LogP contribution is 2.34. The van der Waals surface area contributed by atoms with Crippen LogP contribution >= 0.6 is 11.8 Å². The fraction of sp³-hybridized carbons (Fsp3) is 0.312. The largest absolute Gasteiger partial charge is 0.479 e. The van der Waals surface area contributed by atoms with Gasteiger partial charge in [0.2, 0.25) is 5.91 Å². The normalized spacial score (nSPS) is 20.3. The Morgan fingerprint density at radius 1 is 1.39 bits per heavy atom. The van der Waals surface area contributed by atoms with Gasteiger partial charge >= 0.3 is 0 Å². The molecule has 0 fully saturated rings. The minimum atomic E-state index is -0.539. The SMILES string of the molecule is CC1Oc2ccc(C(=O)CN3C=CSCC3=O)cc2N(C)C1=O. The monoisotopic (exact) mass is 332 g/mol. The van der Waals surface area contributed by atoms with E-state index in [0.29, 0.717) is 22.8 Å². The molecular formula is C16H16N2O4S. The Hall–Kier alpha value is -2.28. The van der Waals surface area contributed by atoms with Crippen LogP contribution in [0.5, 0.6) is 5.75 Å². The van der Waals surface area contributed by atoms with E-state index < -0.39 is 6.10 Å². The van der Waals surface area contributed by atoms with Gasteiger partial charge in [0.1, 0.15) is 5.75 Å². The molecule has 0 aromatic heterocycles. The maximum absolute atomic E-state index is 12.4. The molecule has 2 aliphatic rings. The molecule has 1 aromatic rings. The van der Waals surface area contributed by atoms with E-state index in [4.69, 9.17) is 4.74 Å². The molecule has 1 aromatic carbocycles. The van der Waals surface area contributed by atoms with Crippen LogP contribution in [-0.4, -0.2) is 47.9 Å². The number of carbonyl (C=O) groups is 3. The van der Waals surface area contributed by atoms with Gasteiger partial charge in [0.05, 0.1) is 18.0 Å². The van der Waals surface area contributed by atoms with Crippen LogP contribution < -0.4 is 9.64 Å². The third-order valence-corrected chi connectivity index (χ3v) is 4.53. The highest BCUT2D eigenvalue weighted by atomic mass is 32.2. The van der Waals surface area contributed by atoms with Crippen LogP contribution in [0, 0.1) is 0 Å². The highest BCUT2D eigenvalue weighted by molar-refractivity contribution is 8.02. The van der Waals surface area contributed by atoms with Crippen molar-refractivity contribution in [3.8, 4) is 5.75 Å². The lowest BCUT2D eigenvalue weighted by atomic mass is 10.1. The van der Waals surface area contributed by atoms with Crippen molar-refractivity contribution < 1.29 is 19.1 Å². The molecule has 0 saturated heterocycles. The first-order chi connectivity index (χ1) is 11.0. The highest BCUT2D eigenvalue weighted by Gasteiger charge is 2.29. The number of nitrogens with zero attached hydrogens (tertiary/aromatic N) is 2. The van der Waals surface area contributed by atoms with Gasteiger partial charge in [0.25, 0.3) is 5.91 Å². The van der Waals surface area contributed by atoms with Crippen molar-refractivity contribution in [2.24, 2.45) is 0 Å². The standard InChI is InChI=1S/C16H16N2O4S/c1-10-16(21)17(2)12-7-11(3-4-14(12)22-10)13(19)8-18-5-6-23-9-15(18)20/h3-7,10H,8-9H2,1-2H3. The average molecular weight is 332 g/mol. The molecule has 0 N–H and O–H groups in total. The number of hydrogen-bond acceptors (Lipinski definition) is 5. The molecule has 1 atom stereocenters. The Balaban J connectivity index is 1.83. The molecule has 0 saturated carbocycles. The number of fused-ring (bicyclic) bond motifs is 1. The number of ketones is 1. The number of benzene rings is 1. The second kappa shape index (κ2) is 6.08. The zero-order valence-electron chi connectivity index (χ0n) is 12.8. The summed E-state index contributed by atoms with van der Waals surface area (Å²) >= 11 is 1.41. The summed E-state index contributed by atoms with van der Waals surface area (Å²) in [6, 6.07) is 4.98. The van der Waals surface area contributed by atoms with E-state index >= 15 is 0 Å². The van der Waals surface area contributed by atoms with E-state index in [2.05, 4.69) is 0 Å². The van der Waals surface area contributed by atoms with Crippen LogP contribution in [-0.2, 0) is 9.59 Å². The van der Waals surface area contributed by atoms with Crippen molar-refractivity contribution in [3.63, 3.8) is 0 Å². The zero-order valence-corrected chi connectivity index (χ0v) is 13.6. The number of anilines is 1. The van der Waals surface area contributed by atoms with Crippen molar-refractivity contribution in [2.75, 3.05) is 24.2 Å². The molecule has 23 heavy (non-hydrogen) atoms. The number of likely N-dealkylation sites (N-methyl/N-ethyl adjacent to an activating group) is 1. The summed E-state index contributed by atoms with van der Waals surface area (Å²) in [6.07, 6.45) is 1.08. The summed E-state index contributed by atoms with van der Waals surface area (Å²) in [7, 11) is 1.66. The number of ether oxygens (including phenoxy) is 1. The molecule has 6 nitrogen and oxygen atoms in total. The van der Waals surface area contributed by atoms with Gasteiger partial charge in [-0.3, -0.25) is 14.4 Å². The number of Topliss-reactive ketones (excluding diaryl/α,β-unsaturated/α-hetero) is 1. The van der Waals surface area contributed by atoms with E-state index in [1.54, 1.807) is 43.8 Å². The maximum Gasteiger partial charge on any atom is 0.267 e. The van der Waals surface area contributed by atoms with Crippen LogP contribution in [0.4, 0.5) is 5.69 Å². The number of amides is 2. The van der Waals surface area contributed by atoms with Crippen LogP contribution in [0.15, 0.2) is 29.8 Å². The summed E-state index contributed by atoms with van der Waals surface area (Å²) < 4.78 is 5.54. The summed E-state index contributed by atoms with van der Waals surface area (Å²) in [5.74, 6) is 0.483. The van der Waals surface area contributed by atoms with Gasteiger partial charge in [-0.25, -0.2) is 0 Å². The third-order valence-electron chi connectivity index (χ3n) is 3.80. The third kappa shape index (κ3) is 2.96. The lowest BCUT2D eigenvalue weighted by Gasteiger charge is -2.30. The molecule has 7 heteroatoms. The van der Waals surface area contributed by atoms with Gasteiger partial charge in [-0.1, -0.05) is 0 Å². The first kappa shape index (κ1) is 15.6. The Bertz CT molecular complexity index is 716. The molecule has 2 heterocycles. The molecule has 0 spiro atoms. The Kier molecular flexibility index (Phi) is 4.12. The quantitative estimate of drug-likeness (QED) is 0.788. The van der Waals surface area contributed by atoms with E-state index in [0.717, 1.165) is 0 Å². The smallest absolute Gasteiger partial charge is 0.267 e. The number of carbonyl (C=O) groups excluding carboxylic acids is 3. The first-order valence-electron chi connectivity index (χ1n) is 7.16. The van der Waals surface area contributed by atoms with Crippen molar-refractivity contribution in [1.82, 2.24) is 4.90 Å². The van der Waals surface area contributed by atoms with Crippen LogP contribution in [0.25, 0.3) is 0 Å².